The van der Waals surface area contributed by atoms with Crippen molar-refractivity contribution in [3.05, 3.63) is 71.8 Å². The predicted molar refractivity (Wildman–Crippen MR) is 138 cm³/mol. The van der Waals surface area contributed by atoms with Gasteiger partial charge in [-0.2, -0.15) is 0 Å². The lowest BCUT2D eigenvalue weighted by Crippen LogP contribution is -2.47. The van der Waals surface area contributed by atoms with Crippen LogP contribution in [0.25, 0.3) is 0 Å². The second-order valence-electron chi connectivity index (χ2n) is 7.53. The van der Waals surface area contributed by atoms with E-state index in [0.717, 1.165) is 11.1 Å². The highest BCUT2D eigenvalue weighted by atomic mass is 127. The zero-order valence-electron chi connectivity index (χ0n) is 18.4. The number of carbonyl (C=O) groups excluding carboxylic acids is 1. The number of guanidine groups is 1. The van der Waals surface area contributed by atoms with Gasteiger partial charge in [0.15, 0.2) is 5.96 Å². The number of morpholine rings is 1. The van der Waals surface area contributed by atoms with Crippen LogP contribution in [0.15, 0.2) is 65.7 Å². The van der Waals surface area contributed by atoms with Crippen LogP contribution in [-0.4, -0.2) is 74.9 Å². The molecule has 1 fully saturated rings. The van der Waals surface area contributed by atoms with E-state index in [-0.39, 0.29) is 48.3 Å². The fourth-order valence-corrected chi connectivity index (χ4v) is 3.69. The Balaban J connectivity index is 0.00000363. The average Bonchev–Trinajstić information content (AvgIpc) is 2.85. The predicted octanol–water partition coefficient (Wildman–Crippen LogP) is 2.19. The van der Waals surface area contributed by atoms with Gasteiger partial charge in [0.2, 0.25) is 5.91 Å². The molecule has 8 heteroatoms. The highest BCUT2D eigenvalue weighted by molar-refractivity contribution is 14.0. The molecule has 1 aliphatic heterocycles. The number of halogens is 1. The summed E-state index contributed by atoms with van der Waals surface area (Å²) < 4.78 is 5.39. The first-order valence-corrected chi connectivity index (χ1v) is 10.7. The van der Waals surface area contributed by atoms with Crippen LogP contribution in [0.3, 0.4) is 0 Å². The van der Waals surface area contributed by atoms with Crippen LogP contribution in [0.5, 0.6) is 0 Å². The van der Waals surface area contributed by atoms with E-state index in [9.17, 15) is 9.90 Å². The van der Waals surface area contributed by atoms with Gasteiger partial charge in [0, 0.05) is 39.1 Å². The van der Waals surface area contributed by atoms with Crippen molar-refractivity contribution in [2.24, 2.45) is 4.99 Å². The second kappa shape index (κ2) is 14.1. The molecule has 32 heavy (non-hydrogen) atoms. The van der Waals surface area contributed by atoms with Crippen LogP contribution >= 0.6 is 24.0 Å². The van der Waals surface area contributed by atoms with Gasteiger partial charge in [-0.15, -0.1) is 24.0 Å². The number of aliphatic hydroxyl groups excluding tert-OH is 1. The van der Waals surface area contributed by atoms with E-state index in [1.807, 2.05) is 65.6 Å². The van der Waals surface area contributed by atoms with E-state index < -0.39 is 0 Å². The summed E-state index contributed by atoms with van der Waals surface area (Å²) in [6.07, 6.45) is 0. The molecule has 0 bridgehead atoms. The van der Waals surface area contributed by atoms with Crippen molar-refractivity contribution >= 4 is 35.8 Å². The van der Waals surface area contributed by atoms with E-state index in [4.69, 9.17) is 4.74 Å². The molecule has 0 spiro atoms. The third-order valence-electron chi connectivity index (χ3n) is 5.53. The second-order valence-corrected chi connectivity index (χ2v) is 7.53. The molecule has 2 aromatic rings. The molecule has 7 nitrogen and oxygen atoms in total. The van der Waals surface area contributed by atoms with E-state index in [1.54, 1.807) is 7.05 Å². The highest BCUT2D eigenvalue weighted by Gasteiger charge is 2.27. The van der Waals surface area contributed by atoms with Crippen LogP contribution in [0.4, 0.5) is 0 Å². The molecule has 174 valence electrons. The van der Waals surface area contributed by atoms with Crippen molar-refractivity contribution in [2.75, 3.05) is 53.0 Å². The van der Waals surface area contributed by atoms with Crippen molar-refractivity contribution in [3.63, 3.8) is 0 Å². The monoisotopic (exact) mass is 552 g/mol. The minimum atomic E-state index is -0.319. The lowest BCUT2D eigenvalue weighted by atomic mass is 9.97. The first-order valence-electron chi connectivity index (χ1n) is 10.7. The van der Waals surface area contributed by atoms with E-state index in [1.165, 1.54) is 0 Å². The highest BCUT2D eigenvalue weighted by Crippen LogP contribution is 2.19. The smallest absolute Gasteiger partial charge is 0.232 e. The number of hydrogen-bond acceptors (Lipinski definition) is 4. The Kier molecular flexibility index (Phi) is 11.5. The Morgan fingerprint density at radius 1 is 1.00 bits per heavy atom. The van der Waals surface area contributed by atoms with E-state index >= 15 is 0 Å². The van der Waals surface area contributed by atoms with Gasteiger partial charge in [-0.25, -0.2) is 0 Å². The lowest BCUT2D eigenvalue weighted by molar-refractivity contribution is -0.136. The number of nitrogens with zero attached hydrogens (tertiary/aromatic N) is 2. The molecule has 1 amide bonds. The summed E-state index contributed by atoms with van der Waals surface area (Å²) in [6, 6.07) is 19.7. The van der Waals surface area contributed by atoms with E-state index in [2.05, 4.69) is 15.6 Å². The fourth-order valence-electron chi connectivity index (χ4n) is 3.69. The molecule has 0 saturated carbocycles. The van der Waals surface area contributed by atoms with Crippen LogP contribution in [0.2, 0.25) is 0 Å². The maximum atomic E-state index is 13.2. The van der Waals surface area contributed by atoms with Gasteiger partial charge in [0.05, 0.1) is 25.7 Å². The molecule has 2 aromatic carbocycles. The fraction of sp³-hybridized carbons (Fsp3) is 0.417. The van der Waals surface area contributed by atoms with Crippen molar-refractivity contribution in [1.29, 1.82) is 0 Å². The number of hydrogen-bond donors (Lipinski definition) is 3. The van der Waals surface area contributed by atoms with Gasteiger partial charge in [-0.1, -0.05) is 60.7 Å². The summed E-state index contributed by atoms with van der Waals surface area (Å²) in [6.45, 7) is 3.38. The zero-order chi connectivity index (χ0) is 21.9. The van der Waals surface area contributed by atoms with Crippen molar-refractivity contribution in [2.45, 2.75) is 11.8 Å². The van der Waals surface area contributed by atoms with Crippen molar-refractivity contribution in [1.82, 2.24) is 15.5 Å². The molecular weight excluding hydrogens is 519 g/mol. The molecule has 2 atom stereocenters. The number of aliphatic hydroxyl groups is 1. The van der Waals surface area contributed by atoms with Gasteiger partial charge in [0.25, 0.3) is 0 Å². The molecule has 0 aliphatic carbocycles. The summed E-state index contributed by atoms with van der Waals surface area (Å²) in [5.41, 5.74) is 2.04. The van der Waals surface area contributed by atoms with Gasteiger partial charge in [-0.3, -0.25) is 9.79 Å². The van der Waals surface area contributed by atoms with Crippen LogP contribution in [-0.2, 0) is 9.53 Å². The standard InChI is InChI=1S/C24H32N4O3.HI/c1-25-24(26-16-21(18-29)19-8-4-2-5-9-19)27-17-22(20-10-6-3-7-11-20)23(30)28-12-14-31-15-13-28;/h2-11,21-22,29H,12-18H2,1H3,(H2,25,26,27);1H. The van der Waals surface area contributed by atoms with E-state index in [0.29, 0.717) is 45.4 Å². The van der Waals surface area contributed by atoms with Crippen molar-refractivity contribution in [3.8, 4) is 0 Å². The third kappa shape index (κ3) is 7.46. The van der Waals surface area contributed by atoms with Gasteiger partial charge < -0.3 is 25.4 Å². The summed E-state index contributed by atoms with van der Waals surface area (Å²) in [7, 11) is 1.70. The number of amides is 1. The number of aliphatic imine (C=N–C) groups is 1. The minimum absolute atomic E-state index is 0. The van der Waals surface area contributed by atoms with Crippen molar-refractivity contribution < 1.29 is 14.6 Å². The number of carbonyl (C=O) groups is 1. The molecule has 3 rings (SSSR count). The summed E-state index contributed by atoms with van der Waals surface area (Å²) in [4.78, 5) is 19.4. The average molecular weight is 552 g/mol. The topological polar surface area (TPSA) is 86.2 Å². The molecule has 0 aromatic heterocycles. The first kappa shape index (κ1) is 26.1. The molecular formula is C24H33IN4O3. The number of benzene rings is 2. The van der Waals surface area contributed by atoms with Crippen LogP contribution in [0.1, 0.15) is 23.0 Å². The number of ether oxygens (including phenoxy) is 1. The lowest BCUT2D eigenvalue weighted by Gasteiger charge is -2.31. The maximum Gasteiger partial charge on any atom is 0.232 e. The Morgan fingerprint density at radius 3 is 2.12 bits per heavy atom. The van der Waals surface area contributed by atoms with Crippen LogP contribution < -0.4 is 10.6 Å². The quantitative estimate of drug-likeness (QED) is 0.266. The molecule has 1 aliphatic rings. The molecule has 2 unspecified atom stereocenters. The van der Waals surface area contributed by atoms with Gasteiger partial charge in [-0.05, 0) is 11.1 Å². The van der Waals surface area contributed by atoms with Gasteiger partial charge in [0.1, 0.15) is 0 Å². The Labute approximate surface area is 207 Å². The third-order valence-corrected chi connectivity index (χ3v) is 5.53. The maximum absolute atomic E-state index is 13.2. The molecule has 1 heterocycles. The normalized spacial score (nSPS) is 15.9. The largest absolute Gasteiger partial charge is 0.396 e. The summed E-state index contributed by atoms with van der Waals surface area (Å²) in [5, 5.41) is 16.4. The molecule has 3 N–H and O–H groups in total. The minimum Gasteiger partial charge on any atom is -0.396 e. The first-order chi connectivity index (χ1) is 15.2. The zero-order valence-corrected chi connectivity index (χ0v) is 20.8. The summed E-state index contributed by atoms with van der Waals surface area (Å²) in [5.74, 6) is 0.334. The Bertz CT molecular complexity index is 830. The number of rotatable bonds is 8. The summed E-state index contributed by atoms with van der Waals surface area (Å²) >= 11 is 0. The molecule has 1 saturated heterocycles. The van der Waals surface area contributed by atoms with Crippen LogP contribution in [0, 0.1) is 0 Å². The number of nitrogens with one attached hydrogen (secondary N) is 2. The Hall–Kier alpha value is -2.17. The molecule has 0 radical (unpaired) electrons. The van der Waals surface area contributed by atoms with Gasteiger partial charge >= 0.3 is 0 Å². The Morgan fingerprint density at radius 2 is 1.56 bits per heavy atom. The SMILES string of the molecule is CN=C(NCC(CO)c1ccccc1)NCC(C(=O)N1CCOCC1)c1ccccc1.I.